The summed E-state index contributed by atoms with van der Waals surface area (Å²) in [7, 11) is 1.73. The number of aliphatic imine (C=N–C) groups is 1. The SMILES string of the molecule is COCCCN=C(Nc1ccccc1)N1CCCCC1.I. The minimum absolute atomic E-state index is 0. The van der Waals surface area contributed by atoms with Crippen molar-refractivity contribution in [3.8, 4) is 0 Å². The van der Waals surface area contributed by atoms with Crippen molar-refractivity contribution in [3.63, 3.8) is 0 Å². The molecule has 21 heavy (non-hydrogen) atoms. The second-order valence-corrected chi connectivity index (χ2v) is 5.09. The molecular weight excluding hydrogens is 377 g/mol. The third kappa shape index (κ3) is 6.65. The number of likely N-dealkylation sites (tertiary alicyclic amines) is 1. The van der Waals surface area contributed by atoms with Crippen LogP contribution in [0.15, 0.2) is 35.3 Å². The van der Waals surface area contributed by atoms with Gasteiger partial charge in [-0.05, 0) is 37.8 Å². The molecule has 0 unspecified atom stereocenters. The molecule has 0 aromatic heterocycles. The van der Waals surface area contributed by atoms with Crippen LogP contribution >= 0.6 is 24.0 Å². The maximum Gasteiger partial charge on any atom is 0.198 e. The van der Waals surface area contributed by atoms with E-state index in [4.69, 9.17) is 9.73 Å². The molecule has 0 bridgehead atoms. The lowest BCUT2D eigenvalue weighted by molar-refractivity contribution is 0.197. The summed E-state index contributed by atoms with van der Waals surface area (Å²) in [5.74, 6) is 1.01. The molecule has 1 fully saturated rings. The zero-order valence-corrected chi connectivity index (χ0v) is 15.1. The standard InChI is InChI=1S/C16H25N3O.HI/c1-20-14-8-11-17-16(19-12-6-3-7-13-19)18-15-9-4-2-5-10-15;/h2,4-5,9-10H,3,6-8,11-14H2,1H3,(H,17,18);1H. The normalized spacial score (nSPS) is 15.5. The Hall–Kier alpha value is -0.820. The number of halogens is 1. The molecular formula is C16H26IN3O. The number of para-hydroxylation sites is 1. The maximum atomic E-state index is 5.08. The van der Waals surface area contributed by atoms with Gasteiger partial charge in [0.2, 0.25) is 0 Å². The van der Waals surface area contributed by atoms with Crippen molar-refractivity contribution in [2.75, 3.05) is 38.7 Å². The van der Waals surface area contributed by atoms with Crippen LogP contribution in [0.2, 0.25) is 0 Å². The van der Waals surface area contributed by atoms with E-state index in [1.165, 1.54) is 19.3 Å². The van der Waals surface area contributed by atoms with E-state index < -0.39 is 0 Å². The number of methoxy groups -OCH3 is 1. The molecule has 118 valence electrons. The molecule has 1 aliphatic rings. The van der Waals surface area contributed by atoms with Crippen LogP contribution < -0.4 is 5.32 Å². The Labute approximate surface area is 145 Å². The van der Waals surface area contributed by atoms with Gasteiger partial charge in [-0.15, -0.1) is 24.0 Å². The monoisotopic (exact) mass is 403 g/mol. The van der Waals surface area contributed by atoms with E-state index in [9.17, 15) is 0 Å². The molecule has 2 rings (SSSR count). The molecule has 0 spiro atoms. The topological polar surface area (TPSA) is 36.9 Å². The highest BCUT2D eigenvalue weighted by molar-refractivity contribution is 14.0. The van der Waals surface area contributed by atoms with Crippen molar-refractivity contribution >= 4 is 35.6 Å². The van der Waals surface area contributed by atoms with E-state index in [1.807, 2.05) is 18.2 Å². The molecule has 1 saturated heterocycles. The van der Waals surface area contributed by atoms with E-state index >= 15 is 0 Å². The van der Waals surface area contributed by atoms with Crippen molar-refractivity contribution in [2.45, 2.75) is 25.7 Å². The fraction of sp³-hybridized carbons (Fsp3) is 0.562. The molecule has 1 heterocycles. The number of guanidine groups is 1. The summed E-state index contributed by atoms with van der Waals surface area (Å²) in [5.41, 5.74) is 1.10. The zero-order chi connectivity index (χ0) is 14.0. The van der Waals surface area contributed by atoms with Gasteiger partial charge < -0.3 is 15.0 Å². The predicted octanol–water partition coefficient (Wildman–Crippen LogP) is 3.59. The van der Waals surface area contributed by atoms with Crippen LogP contribution in [0, 0.1) is 0 Å². The van der Waals surface area contributed by atoms with Crippen LogP contribution in [-0.4, -0.2) is 44.2 Å². The van der Waals surface area contributed by atoms with Crippen LogP contribution in [-0.2, 0) is 4.74 Å². The zero-order valence-electron chi connectivity index (χ0n) is 12.8. The van der Waals surface area contributed by atoms with E-state index in [2.05, 4.69) is 22.3 Å². The van der Waals surface area contributed by atoms with Gasteiger partial charge in [-0.25, -0.2) is 0 Å². The summed E-state index contributed by atoms with van der Waals surface area (Å²) in [5, 5.41) is 3.46. The summed E-state index contributed by atoms with van der Waals surface area (Å²) in [6.45, 7) is 3.77. The molecule has 1 N–H and O–H groups in total. The Balaban J connectivity index is 0.00000220. The molecule has 0 amide bonds. The Kier molecular flexibility index (Phi) is 9.41. The van der Waals surface area contributed by atoms with Gasteiger partial charge in [-0.2, -0.15) is 0 Å². The van der Waals surface area contributed by atoms with Crippen molar-refractivity contribution < 1.29 is 4.74 Å². The summed E-state index contributed by atoms with van der Waals surface area (Å²) < 4.78 is 5.08. The quantitative estimate of drug-likeness (QED) is 0.353. The highest BCUT2D eigenvalue weighted by Gasteiger charge is 2.14. The van der Waals surface area contributed by atoms with Crippen molar-refractivity contribution in [3.05, 3.63) is 30.3 Å². The third-order valence-corrected chi connectivity index (χ3v) is 3.45. The Bertz CT molecular complexity index is 405. The Morgan fingerprint density at radius 2 is 1.90 bits per heavy atom. The van der Waals surface area contributed by atoms with Gasteiger partial charge in [0.05, 0.1) is 0 Å². The van der Waals surface area contributed by atoms with Gasteiger partial charge in [0.25, 0.3) is 0 Å². The number of piperidine rings is 1. The summed E-state index contributed by atoms with van der Waals surface area (Å²) in [6.07, 6.45) is 4.81. The van der Waals surface area contributed by atoms with E-state index in [-0.39, 0.29) is 24.0 Å². The average molecular weight is 403 g/mol. The van der Waals surface area contributed by atoms with Crippen molar-refractivity contribution in [2.24, 2.45) is 4.99 Å². The second kappa shape index (κ2) is 10.8. The van der Waals surface area contributed by atoms with Crippen LogP contribution in [0.5, 0.6) is 0 Å². The Morgan fingerprint density at radius 3 is 2.57 bits per heavy atom. The molecule has 1 aromatic carbocycles. The van der Waals surface area contributed by atoms with Crippen molar-refractivity contribution in [1.82, 2.24) is 4.90 Å². The molecule has 0 atom stereocenters. The number of nitrogens with one attached hydrogen (secondary N) is 1. The van der Waals surface area contributed by atoms with Crippen LogP contribution in [0.3, 0.4) is 0 Å². The minimum Gasteiger partial charge on any atom is -0.385 e. The number of benzene rings is 1. The van der Waals surface area contributed by atoms with Crippen molar-refractivity contribution in [1.29, 1.82) is 0 Å². The smallest absolute Gasteiger partial charge is 0.198 e. The van der Waals surface area contributed by atoms with E-state index in [1.54, 1.807) is 7.11 Å². The van der Waals surface area contributed by atoms with E-state index in [0.29, 0.717) is 0 Å². The largest absolute Gasteiger partial charge is 0.385 e. The fourth-order valence-electron chi connectivity index (χ4n) is 2.37. The predicted molar refractivity (Wildman–Crippen MR) is 99.7 cm³/mol. The van der Waals surface area contributed by atoms with Crippen LogP contribution in [0.1, 0.15) is 25.7 Å². The van der Waals surface area contributed by atoms with Gasteiger partial charge >= 0.3 is 0 Å². The molecule has 4 nitrogen and oxygen atoms in total. The number of rotatable bonds is 5. The lowest BCUT2D eigenvalue weighted by Gasteiger charge is -2.30. The van der Waals surface area contributed by atoms with Gasteiger partial charge in [-0.3, -0.25) is 4.99 Å². The molecule has 1 aliphatic heterocycles. The first kappa shape index (κ1) is 18.2. The average Bonchev–Trinajstić information content (AvgIpc) is 2.52. The number of hydrogen-bond donors (Lipinski definition) is 1. The van der Waals surface area contributed by atoms with E-state index in [0.717, 1.165) is 44.3 Å². The fourth-order valence-corrected chi connectivity index (χ4v) is 2.37. The van der Waals surface area contributed by atoms with Gasteiger partial charge in [0.1, 0.15) is 0 Å². The van der Waals surface area contributed by atoms with Gasteiger partial charge in [0.15, 0.2) is 5.96 Å². The van der Waals surface area contributed by atoms with Crippen LogP contribution in [0.25, 0.3) is 0 Å². The molecule has 0 aliphatic carbocycles. The number of hydrogen-bond acceptors (Lipinski definition) is 2. The first-order chi connectivity index (χ1) is 9.90. The number of anilines is 1. The molecule has 5 heteroatoms. The summed E-state index contributed by atoms with van der Waals surface area (Å²) in [6, 6.07) is 10.3. The molecule has 0 saturated carbocycles. The first-order valence-electron chi connectivity index (χ1n) is 7.50. The number of ether oxygens (including phenoxy) is 1. The van der Waals surface area contributed by atoms with Crippen LogP contribution in [0.4, 0.5) is 5.69 Å². The maximum absolute atomic E-state index is 5.08. The van der Waals surface area contributed by atoms with Gasteiger partial charge in [0, 0.05) is 39.0 Å². The summed E-state index contributed by atoms with van der Waals surface area (Å²) in [4.78, 5) is 7.10. The number of nitrogens with zero attached hydrogens (tertiary/aromatic N) is 2. The Morgan fingerprint density at radius 1 is 1.19 bits per heavy atom. The lowest BCUT2D eigenvalue weighted by Crippen LogP contribution is -2.40. The second-order valence-electron chi connectivity index (χ2n) is 5.09. The highest BCUT2D eigenvalue weighted by Crippen LogP contribution is 2.12. The first-order valence-corrected chi connectivity index (χ1v) is 7.50. The summed E-state index contributed by atoms with van der Waals surface area (Å²) >= 11 is 0. The minimum atomic E-state index is 0. The van der Waals surface area contributed by atoms with Gasteiger partial charge in [-0.1, -0.05) is 18.2 Å². The highest BCUT2D eigenvalue weighted by atomic mass is 127. The third-order valence-electron chi connectivity index (χ3n) is 3.45. The molecule has 0 radical (unpaired) electrons. The lowest BCUT2D eigenvalue weighted by atomic mass is 10.1. The molecule has 1 aromatic rings.